The molecule has 0 amide bonds. The van der Waals surface area contributed by atoms with Gasteiger partial charge < -0.3 is 4.74 Å². The molecule has 0 aromatic heterocycles. The lowest BCUT2D eigenvalue weighted by molar-refractivity contribution is 0.0162. The standard InChI is InChI=1S/C35H39FO2/c1-3-4-6-9-27-17-22-33(23-18-27)38-35(37)32-21-20-31(34(36)25-32)19-16-28-12-14-29(15-13-28)24-26(2)30-10-7-5-8-11-30/h3-5,7-8,10-16,19-21,25-27,33H,6,9,17-18,22-24H2,1-2H3/t26-,27?,33?/m1/s1. The molecule has 0 heterocycles. The van der Waals surface area contributed by atoms with Crippen LogP contribution in [0.25, 0.3) is 12.2 Å². The van der Waals surface area contributed by atoms with Crippen LogP contribution < -0.4 is 0 Å². The van der Waals surface area contributed by atoms with Gasteiger partial charge in [-0.3, -0.25) is 0 Å². The molecule has 1 atom stereocenters. The van der Waals surface area contributed by atoms with Crippen molar-refractivity contribution in [2.24, 2.45) is 5.92 Å². The molecule has 38 heavy (non-hydrogen) atoms. The van der Waals surface area contributed by atoms with E-state index in [9.17, 15) is 9.18 Å². The van der Waals surface area contributed by atoms with Gasteiger partial charge in [0.15, 0.2) is 0 Å². The van der Waals surface area contributed by atoms with Crippen LogP contribution in [-0.4, -0.2) is 12.1 Å². The van der Waals surface area contributed by atoms with Gasteiger partial charge in [-0.2, -0.15) is 0 Å². The van der Waals surface area contributed by atoms with Crippen LogP contribution in [0, 0.1) is 11.7 Å². The van der Waals surface area contributed by atoms with Crippen molar-refractivity contribution >= 4 is 18.1 Å². The largest absolute Gasteiger partial charge is 0.459 e. The summed E-state index contributed by atoms with van der Waals surface area (Å²) in [6, 6.07) is 23.5. The Morgan fingerprint density at radius 2 is 1.71 bits per heavy atom. The van der Waals surface area contributed by atoms with E-state index < -0.39 is 11.8 Å². The van der Waals surface area contributed by atoms with Crippen molar-refractivity contribution in [3.63, 3.8) is 0 Å². The molecule has 0 aliphatic heterocycles. The number of ether oxygens (including phenoxy) is 1. The van der Waals surface area contributed by atoms with Crippen LogP contribution in [0.4, 0.5) is 4.39 Å². The minimum Gasteiger partial charge on any atom is -0.459 e. The van der Waals surface area contributed by atoms with Crippen molar-refractivity contribution in [3.05, 3.63) is 119 Å². The van der Waals surface area contributed by atoms with Gasteiger partial charge in [0.1, 0.15) is 11.9 Å². The lowest BCUT2D eigenvalue weighted by atomic mass is 9.84. The first-order chi connectivity index (χ1) is 18.5. The SMILES string of the molecule is CC=CCCC1CCC(OC(=O)c2ccc(C=Cc3ccc(C[C@@H](C)c4ccccc4)cc3)c(F)c2)CC1. The van der Waals surface area contributed by atoms with Crippen molar-refractivity contribution in [3.8, 4) is 0 Å². The van der Waals surface area contributed by atoms with E-state index in [1.807, 2.05) is 12.1 Å². The predicted octanol–water partition coefficient (Wildman–Crippen LogP) is 9.41. The predicted molar refractivity (Wildman–Crippen MR) is 156 cm³/mol. The maximum atomic E-state index is 14.8. The van der Waals surface area contributed by atoms with E-state index in [0.717, 1.165) is 44.1 Å². The molecule has 3 aromatic rings. The first-order valence-electron chi connectivity index (χ1n) is 14.0. The van der Waals surface area contributed by atoms with E-state index in [-0.39, 0.29) is 11.7 Å². The van der Waals surface area contributed by atoms with E-state index in [1.165, 1.54) is 23.6 Å². The second-order valence-electron chi connectivity index (χ2n) is 10.5. The number of carbonyl (C=O) groups is 1. The summed E-state index contributed by atoms with van der Waals surface area (Å²) in [5.74, 6) is 0.299. The Labute approximate surface area is 227 Å². The second kappa shape index (κ2) is 13.9. The topological polar surface area (TPSA) is 26.3 Å². The normalized spacial score (nSPS) is 18.6. The van der Waals surface area contributed by atoms with Crippen molar-refractivity contribution in [1.29, 1.82) is 0 Å². The zero-order valence-electron chi connectivity index (χ0n) is 22.6. The van der Waals surface area contributed by atoms with Gasteiger partial charge in [0.2, 0.25) is 0 Å². The number of carbonyl (C=O) groups excluding carboxylic acids is 1. The van der Waals surface area contributed by atoms with Crippen molar-refractivity contribution in [2.75, 3.05) is 0 Å². The van der Waals surface area contributed by atoms with Crippen LogP contribution in [0.1, 0.15) is 90.9 Å². The van der Waals surface area contributed by atoms with Gasteiger partial charge in [-0.25, -0.2) is 9.18 Å². The van der Waals surface area contributed by atoms with Gasteiger partial charge in [-0.1, -0.05) is 91.9 Å². The molecular formula is C35H39FO2. The summed E-state index contributed by atoms with van der Waals surface area (Å²) in [5.41, 5.74) is 4.33. The molecule has 198 valence electrons. The molecule has 0 saturated heterocycles. The highest BCUT2D eigenvalue weighted by molar-refractivity contribution is 5.90. The molecule has 1 aliphatic carbocycles. The average molecular weight is 511 g/mol. The molecule has 1 aliphatic rings. The van der Waals surface area contributed by atoms with E-state index in [2.05, 4.69) is 74.5 Å². The summed E-state index contributed by atoms with van der Waals surface area (Å²) in [7, 11) is 0. The zero-order valence-corrected chi connectivity index (χ0v) is 22.6. The molecule has 1 fully saturated rings. The third kappa shape index (κ3) is 8.02. The quantitative estimate of drug-likeness (QED) is 0.154. The zero-order chi connectivity index (χ0) is 26.7. The van der Waals surface area contributed by atoms with Gasteiger partial charge >= 0.3 is 5.97 Å². The van der Waals surface area contributed by atoms with Gasteiger partial charge in [0.25, 0.3) is 0 Å². The highest BCUT2D eigenvalue weighted by Crippen LogP contribution is 2.30. The van der Waals surface area contributed by atoms with Crippen LogP contribution >= 0.6 is 0 Å². The molecule has 0 unspecified atom stereocenters. The van der Waals surface area contributed by atoms with Gasteiger partial charge in [-0.05, 0) is 92.5 Å². The molecule has 2 nitrogen and oxygen atoms in total. The van der Waals surface area contributed by atoms with E-state index in [0.29, 0.717) is 17.4 Å². The highest BCUT2D eigenvalue weighted by atomic mass is 19.1. The Morgan fingerprint density at radius 1 is 0.974 bits per heavy atom. The Balaban J connectivity index is 1.28. The molecule has 0 radical (unpaired) electrons. The van der Waals surface area contributed by atoms with Crippen LogP contribution in [0.3, 0.4) is 0 Å². The average Bonchev–Trinajstić information content (AvgIpc) is 2.94. The van der Waals surface area contributed by atoms with E-state index in [1.54, 1.807) is 18.2 Å². The van der Waals surface area contributed by atoms with Crippen LogP contribution in [0.5, 0.6) is 0 Å². The summed E-state index contributed by atoms with van der Waals surface area (Å²) < 4.78 is 20.5. The maximum Gasteiger partial charge on any atom is 0.338 e. The van der Waals surface area contributed by atoms with Crippen LogP contribution in [0.2, 0.25) is 0 Å². The number of hydrogen-bond donors (Lipinski definition) is 0. The molecule has 1 saturated carbocycles. The monoisotopic (exact) mass is 510 g/mol. The molecule has 0 spiro atoms. The van der Waals surface area contributed by atoms with Crippen molar-refractivity contribution in [2.45, 2.75) is 70.8 Å². The molecular weight excluding hydrogens is 471 g/mol. The summed E-state index contributed by atoms with van der Waals surface area (Å²) in [4.78, 5) is 12.6. The fourth-order valence-electron chi connectivity index (χ4n) is 5.25. The molecule has 4 rings (SSSR count). The first kappa shape index (κ1) is 27.6. The summed E-state index contributed by atoms with van der Waals surface area (Å²) in [6.45, 7) is 4.29. The second-order valence-corrected chi connectivity index (χ2v) is 10.5. The lowest BCUT2D eigenvalue weighted by Crippen LogP contribution is -2.24. The summed E-state index contributed by atoms with van der Waals surface area (Å²) in [6.07, 6.45) is 15.1. The lowest BCUT2D eigenvalue weighted by Gasteiger charge is -2.28. The van der Waals surface area contributed by atoms with Crippen LogP contribution in [-0.2, 0) is 11.2 Å². The number of halogens is 1. The first-order valence-corrected chi connectivity index (χ1v) is 14.0. The maximum absolute atomic E-state index is 14.8. The summed E-state index contributed by atoms with van der Waals surface area (Å²) in [5, 5.41) is 0. The van der Waals surface area contributed by atoms with Crippen LogP contribution in [0.15, 0.2) is 84.9 Å². The van der Waals surface area contributed by atoms with Crippen molar-refractivity contribution in [1.82, 2.24) is 0 Å². The molecule has 3 heteroatoms. The number of hydrogen-bond acceptors (Lipinski definition) is 2. The molecule has 0 N–H and O–H groups in total. The number of esters is 1. The number of allylic oxidation sites excluding steroid dienone is 2. The Hall–Kier alpha value is -3.46. The minimum atomic E-state index is -0.433. The van der Waals surface area contributed by atoms with Crippen molar-refractivity contribution < 1.29 is 13.9 Å². The fraction of sp³-hybridized carbons (Fsp3) is 0.343. The highest BCUT2D eigenvalue weighted by Gasteiger charge is 2.24. The van der Waals surface area contributed by atoms with Gasteiger partial charge in [0, 0.05) is 5.56 Å². The summed E-state index contributed by atoms with van der Waals surface area (Å²) >= 11 is 0. The Kier molecular flexibility index (Phi) is 10.1. The Morgan fingerprint density at radius 3 is 2.39 bits per heavy atom. The smallest absolute Gasteiger partial charge is 0.338 e. The number of benzene rings is 3. The number of rotatable bonds is 10. The van der Waals surface area contributed by atoms with E-state index in [4.69, 9.17) is 4.74 Å². The van der Waals surface area contributed by atoms with E-state index >= 15 is 0 Å². The Bertz CT molecular complexity index is 1220. The third-order valence-corrected chi connectivity index (χ3v) is 7.63. The fourth-order valence-corrected chi connectivity index (χ4v) is 5.25. The molecule has 0 bridgehead atoms. The van der Waals surface area contributed by atoms with Gasteiger partial charge in [0.05, 0.1) is 5.56 Å². The minimum absolute atomic E-state index is 0.0678. The molecule has 3 aromatic carbocycles. The third-order valence-electron chi connectivity index (χ3n) is 7.63. The van der Waals surface area contributed by atoms with Gasteiger partial charge in [-0.15, -0.1) is 0 Å².